The Morgan fingerprint density at radius 1 is 1.08 bits per heavy atom. The van der Waals surface area contributed by atoms with Crippen molar-refractivity contribution in [2.75, 3.05) is 25.6 Å². The SMILES string of the molecule is CN(C)C(=O)Cn1cc2c(Cl)c(-c3cn(COCC[Si](C)(C)C)c4nc(N5[C@@H]6CC[C@H]5CC(NC(=O)OC(C)(C)C)C6)cnc34)ccc2n1. The van der Waals surface area contributed by atoms with Crippen LogP contribution in [0.2, 0.25) is 30.7 Å². The molecule has 6 rings (SSSR count). The number of rotatable bonds is 10. The van der Waals surface area contributed by atoms with E-state index in [1.807, 2.05) is 56.1 Å². The number of piperidine rings is 1. The van der Waals surface area contributed by atoms with Gasteiger partial charge in [-0.1, -0.05) is 37.3 Å². The third-order valence-corrected chi connectivity index (χ3v) is 11.4. The quantitative estimate of drug-likeness (QED) is 0.146. The molecule has 2 aliphatic heterocycles. The van der Waals surface area contributed by atoms with E-state index in [1.54, 1.807) is 23.7 Å². The summed E-state index contributed by atoms with van der Waals surface area (Å²) < 4.78 is 15.4. The first-order valence-electron chi connectivity index (χ1n) is 17.1. The summed E-state index contributed by atoms with van der Waals surface area (Å²) in [6.45, 7) is 13.8. The summed E-state index contributed by atoms with van der Waals surface area (Å²) >= 11 is 7.08. The van der Waals surface area contributed by atoms with Crippen molar-refractivity contribution in [3.63, 3.8) is 0 Å². The lowest BCUT2D eigenvalue weighted by molar-refractivity contribution is -0.129. The molecule has 1 aromatic carbocycles. The molecule has 3 atom stereocenters. The van der Waals surface area contributed by atoms with E-state index in [4.69, 9.17) is 31.0 Å². The molecule has 0 aliphatic carbocycles. The lowest BCUT2D eigenvalue weighted by Crippen LogP contribution is -2.51. The molecule has 2 bridgehead atoms. The Bertz CT molecular complexity index is 1850. The summed E-state index contributed by atoms with van der Waals surface area (Å²) in [5.41, 5.74) is 3.32. The van der Waals surface area contributed by atoms with E-state index in [-0.39, 0.29) is 36.7 Å². The summed E-state index contributed by atoms with van der Waals surface area (Å²) in [5.74, 6) is 0.779. The normalized spacial score (nSPS) is 19.5. The molecule has 264 valence electrons. The summed E-state index contributed by atoms with van der Waals surface area (Å²) in [5, 5.41) is 9.00. The van der Waals surface area contributed by atoms with Gasteiger partial charge in [-0.2, -0.15) is 5.10 Å². The summed E-state index contributed by atoms with van der Waals surface area (Å²) in [4.78, 5) is 39.1. The number of carbonyl (C=O) groups excluding carboxylic acids is 2. The molecule has 14 heteroatoms. The number of fused-ring (bicyclic) bond motifs is 4. The third-order valence-electron chi connectivity index (χ3n) is 9.26. The number of benzene rings is 1. The fourth-order valence-corrected chi connectivity index (χ4v) is 7.89. The van der Waals surface area contributed by atoms with Crippen LogP contribution in [0, 0.1) is 0 Å². The van der Waals surface area contributed by atoms with Crippen molar-refractivity contribution in [3.8, 4) is 11.1 Å². The van der Waals surface area contributed by atoms with E-state index in [1.165, 1.54) is 0 Å². The molecule has 0 spiro atoms. The highest BCUT2D eigenvalue weighted by atomic mass is 35.5. The first-order chi connectivity index (χ1) is 23.1. The van der Waals surface area contributed by atoms with Crippen molar-refractivity contribution >= 4 is 59.6 Å². The van der Waals surface area contributed by atoms with Gasteiger partial charge in [0.2, 0.25) is 5.91 Å². The minimum absolute atomic E-state index is 0.0515. The van der Waals surface area contributed by atoms with E-state index in [2.05, 4.69) is 35.0 Å². The average molecular weight is 709 g/mol. The highest BCUT2D eigenvalue weighted by molar-refractivity contribution is 6.76. The van der Waals surface area contributed by atoms with Gasteiger partial charge in [-0.25, -0.2) is 14.8 Å². The Kier molecular flexibility index (Phi) is 9.73. The maximum Gasteiger partial charge on any atom is 0.407 e. The number of carbonyl (C=O) groups is 2. The van der Waals surface area contributed by atoms with Crippen LogP contribution in [0.5, 0.6) is 0 Å². The number of halogens is 1. The molecule has 1 unspecified atom stereocenters. The number of amides is 2. The second-order valence-corrected chi connectivity index (χ2v) is 21.8. The fourth-order valence-electron chi connectivity index (χ4n) is 6.82. The van der Waals surface area contributed by atoms with Crippen LogP contribution in [-0.4, -0.2) is 93.7 Å². The zero-order chi connectivity index (χ0) is 35.2. The molecule has 2 fully saturated rings. The molecule has 49 heavy (non-hydrogen) atoms. The fraction of sp³-hybridized carbons (Fsp3) is 0.571. The first-order valence-corrected chi connectivity index (χ1v) is 21.2. The monoisotopic (exact) mass is 708 g/mol. The Morgan fingerprint density at radius 2 is 1.80 bits per heavy atom. The first kappa shape index (κ1) is 35.2. The molecule has 12 nitrogen and oxygen atoms in total. The zero-order valence-corrected chi connectivity index (χ0v) is 31.7. The second-order valence-electron chi connectivity index (χ2n) is 15.8. The maximum absolute atomic E-state index is 12.5. The smallest absolute Gasteiger partial charge is 0.407 e. The van der Waals surface area contributed by atoms with E-state index in [0.29, 0.717) is 23.9 Å². The summed E-state index contributed by atoms with van der Waals surface area (Å²) in [6, 6.07) is 5.49. The lowest BCUT2D eigenvalue weighted by Gasteiger charge is -2.39. The zero-order valence-electron chi connectivity index (χ0n) is 29.9. The van der Waals surface area contributed by atoms with E-state index >= 15 is 0 Å². The minimum Gasteiger partial charge on any atom is -0.444 e. The van der Waals surface area contributed by atoms with E-state index < -0.39 is 13.7 Å². The van der Waals surface area contributed by atoms with Gasteiger partial charge in [0.1, 0.15) is 30.2 Å². The molecule has 5 heterocycles. The van der Waals surface area contributed by atoms with Gasteiger partial charge in [-0.3, -0.25) is 9.48 Å². The third kappa shape index (κ3) is 7.89. The molecule has 0 saturated carbocycles. The number of hydrogen-bond donors (Lipinski definition) is 1. The molecule has 0 radical (unpaired) electrons. The predicted octanol–water partition coefficient (Wildman–Crippen LogP) is 6.53. The minimum atomic E-state index is -1.26. The Hall–Kier alpha value is -3.68. The van der Waals surface area contributed by atoms with Crippen LogP contribution >= 0.6 is 11.6 Å². The van der Waals surface area contributed by atoms with Crippen LogP contribution in [0.15, 0.2) is 30.7 Å². The molecule has 2 aliphatic rings. The van der Waals surface area contributed by atoms with Gasteiger partial charge < -0.3 is 29.2 Å². The van der Waals surface area contributed by atoms with Crippen molar-refractivity contribution in [1.29, 1.82) is 0 Å². The molecule has 1 N–H and O–H groups in total. The molecule has 2 saturated heterocycles. The summed E-state index contributed by atoms with van der Waals surface area (Å²) in [6.07, 6.45) is 9.07. The molecule has 2 amide bonds. The van der Waals surface area contributed by atoms with Gasteiger partial charge in [-0.05, 0) is 58.6 Å². The summed E-state index contributed by atoms with van der Waals surface area (Å²) in [7, 11) is 2.19. The molecule has 3 aromatic heterocycles. The van der Waals surface area contributed by atoms with Gasteiger partial charge >= 0.3 is 6.09 Å². The molecular formula is C35H49ClN8O4Si. The number of nitrogens with zero attached hydrogens (tertiary/aromatic N) is 7. The van der Waals surface area contributed by atoms with Crippen LogP contribution < -0.4 is 10.2 Å². The van der Waals surface area contributed by atoms with Crippen molar-refractivity contribution in [1.82, 2.24) is 34.5 Å². The number of ether oxygens (including phenoxy) is 2. The van der Waals surface area contributed by atoms with Gasteiger partial charge in [-0.15, -0.1) is 0 Å². The number of hydrogen-bond acceptors (Lipinski definition) is 8. The topological polar surface area (TPSA) is 120 Å². The molecule has 4 aromatic rings. The number of nitrogens with one attached hydrogen (secondary N) is 1. The lowest BCUT2D eigenvalue weighted by atomic mass is 9.97. The van der Waals surface area contributed by atoms with Crippen molar-refractivity contribution < 1.29 is 19.1 Å². The van der Waals surface area contributed by atoms with Gasteiger partial charge in [0.25, 0.3) is 0 Å². The number of aromatic nitrogens is 5. The van der Waals surface area contributed by atoms with Crippen molar-refractivity contribution in [2.45, 2.75) is 109 Å². The molecular weight excluding hydrogens is 660 g/mol. The van der Waals surface area contributed by atoms with Crippen LogP contribution in [0.1, 0.15) is 46.5 Å². The van der Waals surface area contributed by atoms with Crippen LogP contribution in [0.3, 0.4) is 0 Å². The number of likely N-dealkylation sites (N-methyl/N-ethyl adjacent to an activating group) is 1. The Labute approximate surface area is 294 Å². The largest absolute Gasteiger partial charge is 0.444 e. The standard InChI is InChI=1S/C35H49ClN8O4Si/c1-35(2,3)48-34(46)38-22-15-23-9-10-24(16-22)44(23)29-17-37-32-26(18-42(33(32)39-29)21-47-13-14-49(6,7)8)25-11-12-28-27(31(25)36)19-43(40-28)20-30(45)41(4)5/h11-12,17-19,22-24H,9-10,13-16,20-21H2,1-8H3,(H,38,46)/t22?,23-,24+. The van der Waals surface area contributed by atoms with Crippen LogP contribution in [0.4, 0.5) is 10.6 Å². The Balaban J connectivity index is 1.31. The van der Waals surface area contributed by atoms with Gasteiger partial charge in [0.15, 0.2) is 5.65 Å². The average Bonchev–Trinajstić information content (AvgIpc) is 3.65. The van der Waals surface area contributed by atoms with Crippen molar-refractivity contribution in [2.24, 2.45) is 0 Å². The highest BCUT2D eigenvalue weighted by Crippen LogP contribution is 2.41. The second kappa shape index (κ2) is 13.6. The highest BCUT2D eigenvalue weighted by Gasteiger charge is 2.42. The predicted molar refractivity (Wildman–Crippen MR) is 196 cm³/mol. The van der Waals surface area contributed by atoms with Crippen LogP contribution in [-0.2, 0) is 27.5 Å². The van der Waals surface area contributed by atoms with Crippen LogP contribution in [0.25, 0.3) is 33.2 Å². The van der Waals surface area contributed by atoms with Gasteiger partial charge in [0.05, 0.1) is 16.7 Å². The number of alkyl carbamates (subject to hydrolysis) is 1. The van der Waals surface area contributed by atoms with Gasteiger partial charge in [0, 0.05) is 75.8 Å². The van der Waals surface area contributed by atoms with Crippen molar-refractivity contribution in [3.05, 3.63) is 35.7 Å². The van der Waals surface area contributed by atoms with E-state index in [0.717, 1.165) is 65.2 Å². The number of anilines is 1. The van der Waals surface area contributed by atoms with E-state index in [9.17, 15) is 9.59 Å². The Morgan fingerprint density at radius 3 is 2.45 bits per heavy atom. The maximum atomic E-state index is 12.5.